The Labute approximate surface area is 292 Å². The van der Waals surface area contributed by atoms with Gasteiger partial charge in [-0.15, -0.1) is 0 Å². The predicted molar refractivity (Wildman–Crippen MR) is 174 cm³/mol. The zero-order valence-corrected chi connectivity index (χ0v) is 29.4. The van der Waals surface area contributed by atoms with Gasteiger partial charge in [0.2, 0.25) is 5.88 Å². The number of alkyl halides is 1. The molecule has 2 unspecified atom stereocenters. The van der Waals surface area contributed by atoms with Crippen LogP contribution in [-0.4, -0.2) is 106 Å². The normalized spacial score (nSPS) is 41.0. The minimum absolute atomic E-state index is 0.169. The van der Waals surface area contributed by atoms with Crippen LogP contribution in [0.25, 0.3) is 22.3 Å². The topological polar surface area (TPSA) is 198 Å². The number of aromatic nitrogens is 8. The van der Waals surface area contributed by atoms with Crippen LogP contribution in [0.1, 0.15) is 31.5 Å². The summed E-state index contributed by atoms with van der Waals surface area (Å²) in [6.45, 7) is -7.57. The largest absolute Gasteiger partial charge is 0.472 e. The van der Waals surface area contributed by atoms with Crippen molar-refractivity contribution in [2.75, 3.05) is 19.8 Å². The number of ether oxygens (including phenoxy) is 4. The molecule has 0 aliphatic carbocycles. The zero-order chi connectivity index (χ0) is 34.4. The molecule has 0 amide bonds. The van der Waals surface area contributed by atoms with Crippen LogP contribution >= 0.6 is 25.8 Å². The molecule has 0 aromatic carbocycles. The summed E-state index contributed by atoms with van der Waals surface area (Å²) in [6.07, 6.45) is 0.705. The van der Waals surface area contributed by atoms with Crippen LogP contribution in [0.4, 0.5) is 4.39 Å². The van der Waals surface area contributed by atoms with Crippen LogP contribution in [-0.2, 0) is 55.1 Å². The van der Waals surface area contributed by atoms with Crippen molar-refractivity contribution in [1.29, 1.82) is 0 Å². The van der Waals surface area contributed by atoms with E-state index in [1.807, 2.05) is 12.2 Å². The highest BCUT2D eigenvalue weighted by molar-refractivity contribution is 8.44. The average molecular weight is 771 g/mol. The third kappa shape index (κ3) is 5.45. The molecule has 15 bridgehead atoms. The predicted octanol–water partition coefficient (Wildman–Crippen LogP) is 2.91. The van der Waals surface area contributed by atoms with Crippen molar-refractivity contribution in [3.05, 3.63) is 43.2 Å². The lowest BCUT2D eigenvalue weighted by molar-refractivity contribution is -0.214. The van der Waals surface area contributed by atoms with Crippen molar-refractivity contribution >= 4 is 59.9 Å². The fraction of sp³-hybridized carbons (Fsp3) is 0.556. The smallest absolute Gasteiger partial charge is 0.386 e. The van der Waals surface area contributed by atoms with Gasteiger partial charge in [0.15, 0.2) is 35.4 Å². The van der Waals surface area contributed by atoms with Gasteiger partial charge in [-0.3, -0.25) is 22.7 Å². The van der Waals surface area contributed by atoms with E-state index in [-0.39, 0.29) is 23.7 Å². The van der Waals surface area contributed by atoms with E-state index >= 15 is 4.39 Å². The highest BCUT2D eigenvalue weighted by Gasteiger charge is 2.69. The number of hydrogen-bond acceptors (Lipinski definition) is 16. The summed E-state index contributed by atoms with van der Waals surface area (Å²) in [7, 11) is 0. The maximum atomic E-state index is 16.4. The van der Waals surface area contributed by atoms with E-state index < -0.39 is 81.5 Å². The van der Waals surface area contributed by atoms with Crippen molar-refractivity contribution in [2.45, 2.75) is 74.5 Å². The van der Waals surface area contributed by atoms with Crippen molar-refractivity contribution in [1.82, 2.24) is 39.0 Å². The molecule has 11 atom stereocenters. The Morgan fingerprint density at radius 1 is 0.980 bits per heavy atom. The molecular weight excluding hydrogens is 741 g/mol. The molecule has 1 spiro atoms. The lowest BCUT2D eigenvalue weighted by Gasteiger charge is -2.37. The molecule has 10 rings (SSSR count). The summed E-state index contributed by atoms with van der Waals surface area (Å²) in [4.78, 5) is 37.7. The summed E-state index contributed by atoms with van der Waals surface area (Å²) in [6, 6.07) is 0. The Morgan fingerprint density at radius 2 is 1.74 bits per heavy atom. The number of aryl methyl sites for hydroxylation is 1. The van der Waals surface area contributed by atoms with Gasteiger partial charge in [0, 0.05) is 0 Å². The van der Waals surface area contributed by atoms with Crippen LogP contribution in [0.5, 0.6) is 5.88 Å². The molecule has 4 aromatic rings. The second-order valence-electron chi connectivity index (χ2n) is 12.3. The summed E-state index contributed by atoms with van der Waals surface area (Å²) in [5.74, 6) is 0.170. The zero-order valence-electron chi connectivity index (χ0n) is 25.9. The molecule has 266 valence electrons. The number of halogens is 1. The minimum Gasteiger partial charge on any atom is -0.472 e. The van der Waals surface area contributed by atoms with E-state index in [0.29, 0.717) is 29.7 Å². The first-order chi connectivity index (χ1) is 24.0. The third-order valence-electron chi connectivity index (χ3n) is 9.41. The molecule has 6 aliphatic heterocycles. The van der Waals surface area contributed by atoms with Crippen molar-refractivity contribution in [2.24, 2.45) is 0 Å². The van der Waals surface area contributed by atoms with Gasteiger partial charge in [0.1, 0.15) is 54.8 Å². The molecule has 4 saturated heterocycles. The van der Waals surface area contributed by atoms with Gasteiger partial charge < -0.3 is 28.4 Å². The Bertz CT molecular complexity index is 2110. The Hall–Kier alpha value is -2.52. The van der Waals surface area contributed by atoms with E-state index in [4.69, 9.17) is 48.8 Å². The van der Waals surface area contributed by atoms with Gasteiger partial charge in [-0.05, 0) is 31.6 Å². The number of rotatable bonds is 0. The first-order valence-electron chi connectivity index (χ1n) is 15.6. The molecule has 4 aromatic heterocycles. The molecule has 6 aliphatic rings. The molecule has 0 radical (unpaired) electrons. The van der Waals surface area contributed by atoms with Gasteiger partial charge in [-0.25, -0.2) is 33.9 Å². The van der Waals surface area contributed by atoms with Gasteiger partial charge in [0.25, 0.3) is 0 Å². The van der Waals surface area contributed by atoms with E-state index in [1.54, 1.807) is 17.8 Å². The van der Waals surface area contributed by atoms with Gasteiger partial charge in [0.05, 0.1) is 37.7 Å². The molecule has 10 heterocycles. The second-order valence-corrected chi connectivity index (χ2v) is 18.0. The fourth-order valence-corrected chi connectivity index (χ4v) is 9.94. The first-order valence-corrected chi connectivity index (χ1v) is 20.9. The average Bonchev–Trinajstić information content (AvgIpc) is 3.88. The number of imidazole rings is 2. The van der Waals surface area contributed by atoms with E-state index in [2.05, 4.69) is 42.2 Å². The SMILES string of the molecule is C[C@@H]1O[C@H]2[C@H]3O[C@@]14COP(=O)(S)O[C@H]1[C@@H](F)[C@@H](O[C@@H]1COP(O)(=S)O[C@@H]24)n1cnc2c(ncnc21)OC/C=C/CCc1ncnc2c1ncn23. The number of allylic oxidation sites excluding steroid dienone is 1. The number of hydrogen-bond donors (Lipinski definition) is 2. The summed E-state index contributed by atoms with van der Waals surface area (Å²) < 4.78 is 81.6. The quantitative estimate of drug-likeness (QED) is 0.150. The van der Waals surface area contributed by atoms with Crippen LogP contribution in [0.15, 0.2) is 37.5 Å². The van der Waals surface area contributed by atoms with E-state index in [1.165, 1.54) is 23.5 Å². The molecule has 4 fully saturated rings. The lowest BCUT2D eigenvalue weighted by Crippen LogP contribution is -2.50. The van der Waals surface area contributed by atoms with Crippen molar-refractivity contribution < 1.29 is 50.9 Å². The Kier molecular flexibility index (Phi) is 8.18. The number of thiol groups is 1. The molecule has 0 saturated carbocycles. The third-order valence-corrected chi connectivity index (χ3v) is 12.6. The van der Waals surface area contributed by atoms with Gasteiger partial charge in [-0.2, -0.15) is 4.98 Å². The molecule has 23 heteroatoms. The summed E-state index contributed by atoms with van der Waals surface area (Å²) in [5.41, 5.74) is 0.667. The molecular formula is C27H29FN8O10P2S2. The fourth-order valence-electron chi connectivity index (χ4n) is 7.01. The first kappa shape index (κ1) is 33.3. The number of fused-ring (bicyclic) bond motifs is 10. The maximum absolute atomic E-state index is 16.4. The summed E-state index contributed by atoms with van der Waals surface area (Å²) in [5, 5.41) is 0. The van der Waals surface area contributed by atoms with E-state index in [9.17, 15) is 9.46 Å². The minimum atomic E-state index is -4.35. The molecule has 18 nitrogen and oxygen atoms in total. The van der Waals surface area contributed by atoms with Crippen LogP contribution in [0, 0.1) is 0 Å². The van der Waals surface area contributed by atoms with Crippen LogP contribution < -0.4 is 4.74 Å². The van der Waals surface area contributed by atoms with E-state index in [0.717, 1.165) is 0 Å². The molecule has 50 heavy (non-hydrogen) atoms. The monoisotopic (exact) mass is 770 g/mol. The standard InChI is InChI=1S/C27H29FN8O10P2S2/c1-13-27-8-41-48(38,50)45-19-15-7-40-47(37,49)46-21(27)20(42-13)26(44-27)36-11-33-17-14(29-9-30-22(17)36)5-3-2-4-6-39-24-18-23(31-10-32-24)35(12-34-18)25(43-15)16(19)28/h2,4,9-13,15-16,19-21,25-26H,3,5-8H2,1H3,(H,37,49)(H,38,50)/b4-2+/t13-,15+,16+,19+,20+,21-,25+,26+,27-,47?,48?/m0/s1. The highest BCUT2D eigenvalue weighted by atomic mass is 32.7. The highest BCUT2D eigenvalue weighted by Crippen LogP contribution is 2.62. The van der Waals surface area contributed by atoms with Crippen molar-refractivity contribution in [3.63, 3.8) is 0 Å². The lowest BCUT2D eigenvalue weighted by atomic mass is 9.94. The maximum Gasteiger partial charge on any atom is 0.386 e. The van der Waals surface area contributed by atoms with Crippen molar-refractivity contribution in [3.8, 4) is 5.88 Å². The Morgan fingerprint density at radius 3 is 2.58 bits per heavy atom. The second kappa shape index (κ2) is 12.3. The number of nitrogens with zero attached hydrogens (tertiary/aromatic N) is 8. The summed E-state index contributed by atoms with van der Waals surface area (Å²) >= 11 is 9.66. The van der Waals surface area contributed by atoms with Crippen LogP contribution in [0.3, 0.4) is 0 Å². The molecule has 1 N–H and O–H groups in total. The van der Waals surface area contributed by atoms with Gasteiger partial charge >= 0.3 is 13.5 Å². The van der Waals surface area contributed by atoms with Crippen LogP contribution in [0.2, 0.25) is 0 Å². The van der Waals surface area contributed by atoms with Gasteiger partial charge in [-0.1, -0.05) is 24.4 Å². The Balaban J connectivity index is 1.16.